The highest BCUT2D eigenvalue weighted by atomic mass is 35.5. The van der Waals surface area contributed by atoms with Gasteiger partial charge in [-0.3, -0.25) is 4.79 Å². The molecule has 0 saturated heterocycles. The van der Waals surface area contributed by atoms with Gasteiger partial charge in [0.15, 0.2) is 5.82 Å². The van der Waals surface area contributed by atoms with Crippen LogP contribution in [-0.2, 0) is 6.42 Å². The van der Waals surface area contributed by atoms with E-state index >= 15 is 0 Å². The maximum Gasteiger partial charge on any atom is 0.275 e. The van der Waals surface area contributed by atoms with Gasteiger partial charge in [0.2, 0.25) is 0 Å². The summed E-state index contributed by atoms with van der Waals surface area (Å²) in [5, 5.41) is 3.60. The van der Waals surface area contributed by atoms with Crippen LogP contribution in [0.15, 0.2) is 54.9 Å². The number of nitrogens with one attached hydrogen (secondary N) is 1. The molecule has 2 aromatic carbocycles. The van der Waals surface area contributed by atoms with Gasteiger partial charge in [0.05, 0.1) is 23.1 Å². The third kappa shape index (κ3) is 3.48. The summed E-state index contributed by atoms with van der Waals surface area (Å²) in [6, 6.07) is 13.4. The summed E-state index contributed by atoms with van der Waals surface area (Å²) in [6.07, 6.45) is 4.04. The Labute approximate surface area is 167 Å². The minimum atomic E-state index is -0.395. The molecule has 1 aliphatic rings. The number of nitrogens with zero attached hydrogens (tertiary/aromatic N) is 3. The quantitative estimate of drug-likeness (QED) is 0.664. The van der Waals surface area contributed by atoms with Gasteiger partial charge in [-0.25, -0.2) is 9.97 Å². The Morgan fingerprint density at radius 1 is 1.15 bits per heavy atom. The van der Waals surface area contributed by atoms with E-state index in [1.54, 1.807) is 24.4 Å². The van der Waals surface area contributed by atoms with Gasteiger partial charge in [-0.15, -0.1) is 0 Å². The number of para-hydroxylation sites is 1. The third-order valence-electron chi connectivity index (χ3n) is 4.50. The van der Waals surface area contributed by atoms with Gasteiger partial charge in [-0.1, -0.05) is 41.4 Å². The van der Waals surface area contributed by atoms with Crippen LogP contribution in [-0.4, -0.2) is 21.9 Å². The fourth-order valence-corrected chi connectivity index (χ4v) is 3.59. The molecule has 1 N–H and O–H groups in total. The maximum absolute atomic E-state index is 12.4. The van der Waals surface area contributed by atoms with E-state index in [2.05, 4.69) is 39.2 Å². The molecule has 0 fully saturated rings. The molecule has 4 rings (SSSR count). The molecule has 5 nitrogen and oxygen atoms in total. The summed E-state index contributed by atoms with van der Waals surface area (Å²) >= 11 is 12.0. The van der Waals surface area contributed by atoms with Gasteiger partial charge in [-0.05, 0) is 43.2 Å². The molecule has 136 valence electrons. The lowest BCUT2D eigenvalue weighted by Gasteiger charge is -2.23. The number of fused-ring (bicyclic) bond motifs is 1. The van der Waals surface area contributed by atoms with Crippen LogP contribution in [0.3, 0.4) is 0 Å². The number of carbonyl (C=O) groups is 1. The van der Waals surface area contributed by atoms with Crippen molar-refractivity contribution in [3.05, 3.63) is 76.2 Å². The largest absolute Gasteiger partial charge is 0.322 e. The molecule has 0 bridgehead atoms. The van der Waals surface area contributed by atoms with E-state index in [0.717, 1.165) is 12.1 Å². The average molecular weight is 399 g/mol. The summed E-state index contributed by atoms with van der Waals surface area (Å²) in [4.78, 5) is 23.3. The highest BCUT2D eigenvalue weighted by Gasteiger charge is 2.28. The Balaban J connectivity index is 1.56. The minimum absolute atomic E-state index is 0.204. The number of halogens is 2. The van der Waals surface area contributed by atoms with Crippen LogP contribution >= 0.6 is 23.2 Å². The average Bonchev–Trinajstić information content (AvgIpc) is 3.00. The first-order valence-electron chi connectivity index (χ1n) is 8.48. The topological polar surface area (TPSA) is 58.1 Å². The van der Waals surface area contributed by atoms with Crippen molar-refractivity contribution < 1.29 is 4.79 Å². The second-order valence-electron chi connectivity index (χ2n) is 6.39. The zero-order chi connectivity index (χ0) is 19.0. The van der Waals surface area contributed by atoms with E-state index in [1.807, 2.05) is 12.1 Å². The maximum atomic E-state index is 12.4. The molecule has 27 heavy (non-hydrogen) atoms. The highest BCUT2D eigenvalue weighted by molar-refractivity contribution is 6.35. The summed E-state index contributed by atoms with van der Waals surface area (Å²) in [7, 11) is 0. The van der Waals surface area contributed by atoms with E-state index in [4.69, 9.17) is 23.2 Å². The van der Waals surface area contributed by atoms with Crippen LogP contribution in [0.2, 0.25) is 10.0 Å². The van der Waals surface area contributed by atoms with Crippen molar-refractivity contribution in [2.75, 3.05) is 10.2 Å². The highest BCUT2D eigenvalue weighted by Crippen LogP contribution is 2.36. The van der Waals surface area contributed by atoms with Crippen molar-refractivity contribution in [2.24, 2.45) is 0 Å². The van der Waals surface area contributed by atoms with Gasteiger partial charge in [0.1, 0.15) is 5.69 Å². The molecule has 1 amide bonds. The number of aromatic nitrogens is 2. The monoisotopic (exact) mass is 398 g/mol. The van der Waals surface area contributed by atoms with Crippen LogP contribution < -0.4 is 10.2 Å². The van der Waals surface area contributed by atoms with E-state index in [9.17, 15) is 4.79 Å². The van der Waals surface area contributed by atoms with Crippen LogP contribution in [0, 0.1) is 0 Å². The fourth-order valence-electron chi connectivity index (χ4n) is 3.26. The number of amides is 1. The summed E-state index contributed by atoms with van der Waals surface area (Å²) in [5.74, 6) is 0.317. The molecule has 7 heteroatoms. The van der Waals surface area contributed by atoms with Gasteiger partial charge in [0.25, 0.3) is 5.91 Å². The molecule has 2 heterocycles. The predicted octanol–water partition coefficient (Wildman–Crippen LogP) is 5.12. The van der Waals surface area contributed by atoms with E-state index in [-0.39, 0.29) is 11.7 Å². The number of hydrogen-bond donors (Lipinski definition) is 1. The van der Waals surface area contributed by atoms with Crippen molar-refractivity contribution in [3.63, 3.8) is 0 Å². The Bertz CT molecular complexity index is 1010. The van der Waals surface area contributed by atoms with Crippen LogP contribution in [0.25, 0.3) is 0 Å². The first kappa shape index (κ1) is 17.8. The summed E-state index contributed by atoms with van der Waals surface area (Å²) < 4.78 is 0. The standard InChI is InChI=1S/C20H16Cl2N4O/c1-12-8-13-4-2-3-5-18(13)26(12)19-11-23-17(10-24-19)20(27)25-16-9-14(21)6-7-15(16)22/h2-7,9-12H,8H2,1H3,(H,25,27). The molecule has 0 spiro atoms. The number of anilines is 3. The molecule has 0 radical (unpaired) electrons. The zero-order valence-electron chi connectivity index (χ0n) is 14.5. The summed E-state index contributed by atoms with van der Waals surface area (Å²) in [5.41, 5.74) is 3.04. The Hall–Kier alpha value is -2.63. The van der Waals surface area contributed by atoms with Crippen LogP contribution in [0.4, 0.5) is 17.2 Å². The van der Waals surface area contributed by atoms with E-state index in [1.165, 1.54) is 11.8 Å². The summed E-state index contributed by atoms with van der Waals surface area (Å²) in [6.45, 7) is 2.14. The molecule has 0 saturated carbocycles. The fraction of sp³-hybridized carbons (Fsp3) is 0.150. The molecular formula is C20H16Cl2N4O. The normalized spacial score (nSPS) is 15.5. The second kappa shape index (κ2) is 7.18. The van der Waals surface area contributed by atoms with Crippen molar-refractivity contribution >= 4 is 46.3 Å². The SMILES string of the molecule is CC1Cc2ccccc2N1c1cnc(C(=O)Nc2cc(Cl)ccc2Cl)cn1. The lowest BCUT2D eigenvalue weighted by Crippen LogP contribution is -2.25. The molecule has 1 atom stereocenters. The van der Waals surface area contributed by atoms with Crippen LogP contribution in [0.5, 0.6) is 0 Å². The molecule has 1 aliphatic heterocycles. The predicted molar refractivity (Wildman–Crippen MR) is 108 cm³/mol. The van der Waals surface area contributed by atoms with Gasteiger partial charge in [0, 0.05) is 16.8 Å². The third-order valence-corrected chi connectivity index (χ3v) is 5.07. The molecule has 1 unspecified atom stereocenters. The zero-order valence-corrected chi connectivity index (χ0v) is 16.0. The lowest BCUT2D eigenvalue weighted by molar-refractivity contribution is 0.102. The van der Waals surface area contributed by atoms with Gasteiger partial charge in [-0.2, -0.15) is 0 Å². The Morgan fingerprint density at radius 3 is 2.74 bits per heavy atom. The van der Waals surface area contributed by atoms with E-state index in [0.29, 0.717) is 21.6 Å². The van der Waals surface area contributed by atoms with E-state index < -0.39 is 5.91 Å². The number of hydrogen-bond acceptors (Lipinski definition) is 4. The molecular weight excluding hydrogens is 383 g/mol. The van der Waals surface area contributed by atoms with Crippen molar-refractivity contribution in [1.29, 1.82) is 0 Å². The minimum Gasteiger partial charge on any atom is -0.322 e. The smallest absolute Gasteiger partial charge is 0.275 e. The number of carbonyl (C=O) groups excluding carboxylic acids is 1. The van der Waals surface area contributed by atoms with Crippen molar-refractivity contribution in [2.45, 2.75) is 19.4 Å². The molecule has 0 aliphatic carbocycles. The van der Waals surface area contributed by atoms with Crippen molar-refractivity contribution in [3.8, 4) is 0 Å². The number of benzene rings is 2. The van der Waals surface area contributed by atoms with Crippen molar-refractivity contribution in [1.82, 2.24) is 9.97 Å². The second-order valence-corrected chi connectivity index (χ2v) is 7.23. The van der Waals surface area contributed by atoms with Crippen LogP contribution in [0.1, 0.15) is 23.0 Å². The number of rotatable bonds is 3. The first-order chi connectivity index (χ1) is 13.0. The van der Waals surface area contributed by atoms with Gasteiger partial charge < -0.3 is 10.2 Å². The Morgan fingerprint density at radius 2 is 1.96 bits per heavy atom. The molecule has 1 aromatic heterocycles. The first-order valence-corrected chi connectivity index (χ1v) is 9.24. The lowest BCUT2D eigenvalue weighted by atomic mass is 10.1. The molecule has 3 aromatic rings. The Kier molecular flexibility index (Phi) is 4.72. The van der Waals surface area contributed by atoms with Gasteiger partial charge >= 0.3 is 0 Å².